The number of nitrogens with zero attached hydrogens (tertiary/aromatic N) is 1. The molecule has 5 heteroatoms. The number of aromatic nitrogens is 1. The second-order valence-corrected chi connectivity index (χ2v) is 4.71. The predicted octanol–water partition coefficient (Wildman–Crippen LogP) is 1.72. The molecule has 2 aromatic rings. The number of aliphatic hydroxyl groups is 1. The normalized spacial score (nSPS) is 10.2. The van der Waals surface area contributed by atoms with E-state index in [9.17, 15) is 4.79 Å². The largest absolute Gasteiger partial charge is 0.395 e. The van der Waals surface area contributed by atoms with Crippen molar-refractivity contribution >= 4 is 11.6 Å². The van der Waals surface area contributed by atoms with Gasteiger partial charge in [-0.15, -0.1) is 0 Å². The molecule has 0 saturated carbocycles. The minimum absolute atomic E-state index is 0.0597. The summed E-state index contributed by atoms with van der Waals surface area (Å²) >= 11 is 0. The molecule has 1 amide bonds. The smallest absolute Gasteiger partial charge is 0.251 e. The molecule has 0 atom stereocenters. The summed E-state index contributed by atoms with van der Waals surface area (Å²) in [7, 11) is 0. The molecule has 0 bridgehead atoms. The van der Waals surface area contributed by atoms with Gasteiger partial charge in [0, 0.05) is 36.7 Å². The Kier molecular flexibility index (Phi) is 5.29. The molecule has 0 radical (unpaired) electrons. The van der Waals surface area contributed by atoms with Crippen LogP contribution in [-0.4, -0.2) is 29.1 Å². The first-order valence-electron chi connectivity index (χ1n) is 6.83. The van der Waals surface area contributed by atoms with Gasteiger partial charge in [0.25, 0.3) is 5.91 Å². The number of hydrogen-bond donors (Lipinski definition) is 3. The Morgan fingerprint density at radius 1 is 1.24 bits per heavy atom. The Hall–Kier alpha value is -2.40. The van der Waals surface area contributed by atoms with E-state index in [1.165, 1.54) is 5.56 Å². The number of rotatable bonds is 6. The first-order chi connectivity index (χ1) is 10.2. The van der Waals surface area contributed by atoms with Gasteiger partial charge in [-0.2, -0.15) is 0 Å². The minimum atomic E-state index is -0.182. The number of aliphatic hydroxyl groups excluding tert-OH is 1. The monoisotopic (exact) mass is 285 g/mol. The number of carbonyl (C=O) groups excluding carboxylic acids is 1. The van der Waals surface area contributed by atoms with Crippen molar-refractivity contribution in [2.45, 2.75) is 13.5 Å². The van der Waals surface area contributed by atoms with Gasteiger partial charge in [-0.1, -0.05) is 0 Å². The number of pyridine rings is 1. The van der Waals surface area contributed by atoms with Crippen LogP contribution in [0.3, 0.4) is 0 Å². The maximum atomic E-state index is 11.7. The van der Waals surface area contributed by atoms with Gasteiger partial charge < -0.3 is 15.7 Å². The Morgan fingerprint density at radius 2 is 2.00 bits per heavy atom. The molecule has 0 aliphatic heterocycles. The molecule has 1 aromatic heterocycles. The van der Waals surface area contributed by atoms with Crippen LogP contribution >= 0.6 is 0 Å². The third kappa shape index (κ3) is 4.29. The highest BCUT2D eigenvalue weighted by molar-refractivity contribution is 5.94. The molecule has 2 rings (SSSR count). The third-order valence-electron chi connectivity index (χ3n) is 3.17. The molecular weight excluding hydrogens is 266 g/mol. The summed E-state index contributed by atoms with van der Waals surface area (Å²) in [6.07, 6.45) is 3.62. The van der Waals surface area contributed by atoms with Crippen LogP contribution in [0.25, 0.3) is 0 Å². The molecule has 0 saturated heterocycles. The van der Waals surface area contributed by atoms with Crippen molar-refractivity contribution in [3.8, 4) is 0 Å². The lowest BCUT2D eigenvalue weighted by Crippen LogP contribution is -2.26. The second-order valence-electron chi connectivity index (χ2n) is 4.71. The van der Waals surface area contributed by atoms with E-state index in [1.807, 2.05) is 31.3 Å². The maximum absolute atomic E-state index is 11.7. The zero-order valence-electron chi connectivity index (χ0n) is 12.0. The summed E-state index contributed by atoms with van der Waals surface area (Å²) in [5.74, 6) is -0.182. The molecule has 0 fully saturated rings. The zero-order valence-corrected chi connectivity index (χ0v) is 12.0. The van der Waals surface area contributed by atoms with E-state index in [4.69, 9.17) is 5.11 Å². The van der Waals surface area contributed by atoms with Gasteiger partial charge in [0.15, 0.2) is 0 Å². The van der Waals surface area contributed by atoms with Gasteiger partial charge in [-0.25, -0.2) is 0 Å². The van der Waals surface area contributed by atoms with Crippen molar-refractivity contribution in [1.82, 2.24) is 10.3 Å². The zero-order chi connectivity index (χ0) is 15.1. The van der Waals surface area contributed by atoms with E-state index in [1.54, 1.807) is 18.3 Å². The van der Waals surface area contributed by atoms with Crippen LogP contribution in [-0.2, 0) is 6.54 Å². The van der Waals surface area contributed by atoms with Crippen LogP contribution in [0.4, 0.5) is 5.69 Å². The van der Waals surface area contributed by atoms with Crippen molar-refractivity contribution in [3.05, 3.63) is 59.4 Å². The molecule has 110 valence electrons. The Bertz CT molecular complexity index is 597. The number of carbonyl (C=O) groups is 1. The summed E-state index contributed by atoms with van der Waals surface area (Å²) in [6.45, 7) is 2.94. The number of anilines is 1. The van der Waals surface area contributed by atoms with Crippen LogP contribution < -0.4 is 10.6 Å². The molecule has 1 aromatic carbocycles. The number of nitrogens with one attached hydrogen (secondary N) is 2. The molecule has 0 spiro atoms. The molecule has 21 heavy (non-hydrogen) atoms. The van der Waals surface area contributed by atoms with Crippen LogP contribution in [0.2, 0.25) is 0 Å². The quantitative estimate of drug-likeness (QED) is 0.755. The fourth-order valence-corrected chi connectivity index (χ4v) is 1.89. The number of hydrogen-bond acceptors (Lipinski definition) is 4. The Morgan fingerprint density at radius 3 is 2.67 bits per heavy atom. The Labute approximate surface area is 124 Å². The van der Waals surface area contributed by atoms with Crippen molar-refractivity contribution in [3.63, 3.8) is 0 Å². The third-order valence-corrected chi connectivity index (χ3v) is 3.17. The summed E-state index contributed by atoms with van der Waals surface area (Å²) in [5, 5.41) is 14.6. The summed E-state index contributed by atoms with van der Waals surface area (Å²) in [4.78, 5) is 15.8. The highest BCUT2D eigenvalue weighted by Gasteiger charge is 2.04. The van der Waals surface area contributed by atoms with Crippen molar-refractivity contribution in [2.24, 2.45) is 0 Å². The van der Waals surface area contributed by atoms with E-state index in [-0.39, 0.29) is 19.1 Å². The van der Waals surface area contributed by atoms with E-state index in [2.05, 4.69) is 15.6 Å². The highest BCUT2D eigenvalue weighted by atomic mass is 16.3. The van der Waals surface area contributed by atoms with Gasteiger partial charge in [0.1, 0.15) is 0 Å². The van der Waals surface area contributed by atoms with Gasteiger partial charge >= 0.3 is 0 Å². The topological polar surface area (TPSA) is 74.2 Å². The molecule has 0 aliphatic rings. The summed E-state index contributed by atoms with van der Waals surface area (Å²) in [6, 6.07) is 9.21. The fraction of sp³-hybridized carbons (Fsp3) is 0.250. The standard InChI is InChI=1S/C16H19N3O2/c1-12-6-7-17-10-14(12)11-19-15-4-2-13(3-5-15)16(21)18-8-9-20/h2-7,10,19-20H,8-9,11H2,1H3,(H,18,21). The maximum Gasteiger partial charge on any atom is 0.251 e. The van der Waals surface area contributed by atoms with E-state index in [0.29, 0.717) is 12.1 Å². The van der Waals surface area contributed by atoms with Gasteiger partial charge in [0.2, 0.25) is 0 Å². The van der Waals surface area contributed by atoms with Gasteiger partial charge in [0.05, 0.1) is 6.61 Å². The highest BCUT2D eigenvalue weighted by Crippen LogP contribution is 2.12. The van der Waals surface area contributed by atoms with E-state index >= 15 is 0 Å². The molecule has 3 N–H and O–H groups in total. The predicted molar refractivity (Wildman–Crippen MR) is 82.2 cm³/mol. The first kappa shape index (κ1) is 15.0. The summed E-state index contributed by atoms with van der Waals surface area (Å²) < 4.78 is 0. The lowest BCUT2D eigenvalue weighted by atomic mass is 10.1. The average Bonchev–Trinajstić information content (AvgIpc) is 2.52. The lowest BCUT2D eigenvalue weighted by Gasteiger charge is -2.09. The molecular formula is C16H19N3O2. The number of benzene rings is 1. The van der Waals surface area contributed by atoms with E-state index in [0.717, 1.165) is 11.3 Å². The first-order valence-corrected chi connectivity index (χ1v) is 6.83. The molecule has 0 aliphatic carbocycles. The molecule has 1 heterocycles. The van der Waals surface area contributed by atoms with Crippen molar-refractivity contribution in [2.75, 3.05) is 18.5 Å². The minimum Gasteiger partial charge on any atom is -0.395 e. The molecule has 5 nitrogen and oxygen atoms in total. The van der Waals surface area contributed by atoms with Crippen molar-refractivity contribution < 1.29 is 9.90 Å². The van der Waals surface area contributed by atoms with Crippen LogP contribution in [0.5, 0.6) is 0 Å². The van der Waals surface area contributed by atoms with E-state index < -0.39 is 0 Å². The van der Waals surface area contributed by atoms with Crippen LogP contribution in [0, 0.1) is 6.92 Å². The molecule has 0 unspecified atom stereocenters. The summed E-state index contributed by atoms with van der Waals surface area (Å²) in [5.41, 5.74) is 3.85. The number of amides is 1. The van der Waals surface area contributed by atoms with Crippen LogP contribution in [0.1, 0.15) is 21.5 Å². The van der Waals surface area contributed by atoms with Crippen molar-refractivity contribution in [1.29, 1.82) is 0 Å². The van der Waals surface area contributed by atoms with Gasteiger partial charge in [-0.05, 0) is 48.4 Å². The lowest BCUT2D eigenvalue weighted by molar-refractivity contribution is 0.0945. The SMILES string of the molecule is Cc1ccncc1CNc1ccc(C(=O)NCCO)cc1. The number of aryl methyl sites for hydroxylation is 1. The van der Waals surface area contributed by atoms with Gasteiger partial charge in [-0.3, -0.25) is 9.78 Å². The second kappa shape index (κ2) is 7.40. The van der Waals surface area contributed by atoms with Crippen LogP contribution in [0.15, 0.2) is 42.7 Å². The fourth-order valence-electron chi connectivity index (χ4n) is 1.89. The Balaban J connectivity index is 1.93. The average molecular weight is 285 g/mol.